The van der Waals surface area contributed by atoms with Crippen LogP contribution < -0.4 is 0 Å². The third kappa shape index (κ3) is 8.70. The lowest BCUT2D eigenvalue weighted by atomic mass is 10.3. The van der Waals surface area contributed by atoms with Crippen molar-refractivity contribution in [2.24, 2.45) is 5.92 Å². The Morgan fingerprint density at radius 1 is 1.22 bits per heavy atom. The fraction of sp³-hybridized carbons (Fsp3) is 1.00. The summed E-state index contributed by atoms with van der Waals surface area (Å²) in [4.78, 5) is 0. The largest absolute Gasteiger partial charge is 0.175 e. The minimum atomic E-state index is 0.550. The lowest BCUT2D eigenvalue weighted by molar-refractivity contribution is 0.750. The molecule has 0 rings (SSSR count). The smallest absolute Gasteiger partial charge is 0.00791 e. The van der Waals surface area contributed by atoms with Gasteiger partial charge in [-0.15, -0.1) is 0 Å². The third-order valence-corrected chi connectivity index (χ3v) is 2.88. The molecule has 56 valence electrons. The number of hydrogen-bond donors (Lipinski definition) is 1. The maximum absolute atomic E-state index is 4.28. The first kappa shape index (κ1) is 9.70. The van der Waals surface area contributed by atoms with E-state index in [-0.39, 0.29) is 0 Å². The first-order valence-electron chi connectivity index (χ1n) is 3.38. The fourth-order valence-electron chi connectivity index (χ4n) is 0.474. The lowest BCUT2D eigenvalue weighted by Gasteiger charge is -2.05. The Balaban J connectivity index is 2.91. The van der Waals surface area contributed by atoms with Crippen molar-refractivity contribution >= 4 is 24.4 Å². The quantitative estimate of drug-likeness (QED) is 0.623. The standard InChI is InChI=1S/C7H16S2/c1-6(2)4-9-5-7(3)8/h6-8H,4-5H2,1-3H3. The van der Waals surface area contributed by atoms with Crippen LogP contribution >= 0.6 is 24.4 Å². The number of hydrogen-bond acceptors (Lipinski definition) is 2. The van der Waals surface area contributed by atoms with Crippen LogP contribution in [-0.4, -0.2) is 16.8 Å². The van der Waals surface area contributed by atoms with Gasteiger partial charge in [-0.1, -0.05) is 20.8 Å². The van der Waals surface area contributed by atoms with Crippen LogP contribution in [-0.2, 0) is 0 Å². The van der Waals surface area contributed by atoms with Crippen molar-refractivity contribution in [3.8, 4) is 0 Å². The molecule has 0 N–H and O–H groups in total. The van der Waals surface area contributed by atoms with E-state index in [1.165, 1.54) is 11.5 Å². The van der Waals surface area contributed by atoms with Crippen LogP contribution in [0.5, 0.6) is 0 Å². The predicted octanol–water partition coefficient (Wildman–Crippen LogP) is 2.69. The van der Waals surface area contributed by atoms with Gasteiger partial charge >= 0.3 is 0 Å². The van der Waals surface area contributed by atoms with Crippen molar-refractivity contribution < 1.29 is 0 Å². The Labute approximate surface area is 68.2 Å². The topological polar surface area (TPSA) is 0 Å². The Kier molecular flexibility index (Phi) is 5.91. The van der Waals surface area contributed by atoms with E-state index in [0.29, 0.717) is 5.25 Å². The summed E-state index contributed by atoms with van der Waals surface area (Å²) in [6, 6.07) is 0. The van der Waals surface area contributed by atoms with Crippen molar-refractivity contribution in [2.45, 2.75) is 26.0 Å². The molecular formula is C7H16S2. The van der Waals surface area contributed by atoms with Gasteiger partial charge in [-0.05, 0) is 11.7 Å². The molecule has 0 aliphatic heterocycles. The van der Waals surface area contributed by atoms with Crippen molar-refractivity contribution in [2.75, 3.05) is 11.5 Å². The first-order chi connectivity index (χ1) is 4.13. The molecular weight excluding hydrogens is 148 g/mol. The highest BCUT2D eigenvalue weighted by atomic mass is 32.2. The van der Waals surface area contributed by atoms with Gasteiger partial charge in [-0.25, -0.2) is 0 Å². The van der Waals surface area contributed by atoms with Gasteiger partial charge in [0.2, 0.25) is 0 Å². The molecule has 0 radical (unpaired) electrons. The van der Waals surface area contributed by atoms with E-state index in [2.05, 4.69) is 33.4 Å². The minimum Gasteiger partial charge on any atom is -0.175 e. The zero-order valence-electron chi connectivity index (χ0n) is 6.42. The van der Waals surface area contributed by atoms with E-state index in [1.807, 2.05) is 11.8 Å². The summed E-state index contributed by atoms with van der Waals surface area (Å²) in [5.41, 5.74) is 0. The van der Waals surface area contributed by atoms with E-state index in [1.54, 1.807) is 0 Å². The third-order valence-electron chi connectivity index (χ3n) is 0.810. The van der Waals surface area contributed by atoms with E-state index in [9.17, 15) is 0 Å². The molecule has 0 aliphatic carbocycles. The molecule has 0 spiro atoms. The minimum absolute atomic E-state index is 0.550. The van der Waals surface area contributed by atoms with E-state index in [4.69, 9.17) is 0 Å². The van der Waals surface area contributed by atoms with Crippen LogP contribution in [0.15, 0.2) is 0 Å². The summed E-state index contributed by atoms with van der Waals surface area (Å²) in [5.74, 6) is 3.27. The number of rotatable bonds is 4. The van der Waals surface area contributed by atoms with Crippen LogP contribution in [0.1, 0.15) is 20.8 Å². The molecule has 0 aromatic heterocycles. The fourth-order valence-corrected chi connectivity index (χ4v) is 1.74. The van der Waals surface area contributed by atoms with Crippen LogP contribution in [0.4, 0.5) is 0 Å². The number of thioether (sulfide) groups is 1. The van der Waals surface area contributed by atoms with Gasteiger partial charge in [-0.3, -0.25) is 0 Å². The zero-order chi connectivity index (χ0) is 7.28. The van der Waals surface area contributed by atoms with Crippen molar-refractivity contribution in [1.29, 1.82) is 0 Å². The zero-order valence-corrected chi connectivity index (χ0v) is 8.14. The highest BCUT2D eigenvalue weighted by Crippen LogP contribution is 2.10. The Morgan fingerprint density at radius 2 is 1.78 bits per heavy atom. The summed E-state index contributed by atoms with van der Waals surface area (Å²) in [5, 5.41) is 0.550. The van der Waals surface area contributed by atoms with Gasteiger partial charge in [0.1, 0.15) is 0 Å². The van der Waals surface area contributed by atoms with Gasteiger partial charge in [0.05, 0.1) is 0 Å². The van der Waals surface area contributed by atoms with Crippen LogP contribution in [0.25, 0.3) is 0 Å². The maximum atomic E-state index is 4.28. The van der Waals surface area contributed by atoms with E-state index < -0.39 is 0 Å². The summed E-state index contributed by atoms with van der Waals surface area (Å²) < 4.78 is 0. The van der Waals surface area contributed by atoms with E-state index >= 15 is 0 Å². The van der Waals surface area contributed by atoms with Crippen LogP contribution in [0.3, 0.4) is 0 Å². The monoisotopic (exact) mass is 164 g/mol. The molecule has 0 fully saturated rings. The normalized spacial score (nSPS) is 14.3. The Morgan fingerprint density at radius 3 is 2.11 bits per heavy atom. The summed E-state index contributed by atoms with van der Waals surface area (Å²) in [7, 11) is 0. The molecule has 0 amide bonds. The molecule has 1 atom stereocenters. The molecule has 0 saturated carbocycles. The second-order valence-corrected chi connectivity index (χ2v) is 4.74. The molecule has 0 heterocycles. The second-order valence-electron chi connectivity index (χ2n) is 2.78. The molecule has 0 aromatic carbocycles. The van der Waals surface area contributed by atoms with Crippen molar-refractivity contribution in [1.82, 2.24) is 0 Å². The maximum Gasteiger partial charge on any atom is 0.00791 e. The van der Waals surface area contributed by atoms with Crippen molar-refractivity contribution in [3.05, 3.63) is 0 Å². The molecule has 9 heavy (non-hydrogen) atoms. The van der Waals surface area contributed by atoms with Crippen LogP contribution in [0, 0.1) is 5.92 Å². The SMILES string of the molecule is CC(C)CSCC(C)S. The Hall–Kier alpha value is 0.700. The molecule has 0 nitrogen and oxygen atoms in total. The molecule has 0 aromatic rings. The molecule has 0 aliphatic rings. The molecule has 0 saturated heterocycles. The predicted molar refractivity (Wildman–Crippen MR) is 50.6 cm³/mol. The average Bonchev–Trinajstić information content (AvgIpc) is 1.63. The van der Waals surface area contributed by atoms with Crippen molar-refractivity contribution in [3.63, 3.8) is 0 Å². The van der Waals surface area contributed by atoms with Gasteiger partial charge in [0, 0.05) is 11.0 Å². The summed E-state index contributed by atoms with van der Waals surface area (Å²) in [6.45, 7) is 6.63. The molecule has 2 heteroatoms. The summed E-state index contributed by atoms with van der Waals surface area (Å²) in [6.07, 6.45) is 0. The van der Waals surface area contributed by atoms with Gasteiger partial charge in [0.15, 0.2) is 0 Å². The first-order valence-corrected chi connectivity index (χ1v) is 5.06. The van der Waals surface area contributed by atoms with E-state index in [0.717, 1.165) is 5.92 Å². The lowest BCUT2D eigenvalue weighted by Crippen LogP contribution is -1.98. The second kappa shape index (κ2) is 5.48. The number of thiol groups is 1. The van der Waals surface area contributed by atoms with Crippen LogP contribution in [0.2, 0.25) is 0 Å². The summed E-state index contributed by atoms with van der Waals surface area (Å²) >= 11 is 6.27. The molecule has 0 bridgehead atoms. The molecule has 1 unspecified atom stereocenters. The van der Waals surface area contributed by atoms with Gasteiger partial charge < -0.3 is 0 Å². The average molecular weight is 164 g/mol. The Bertz CT molecular complexity index is 51.9. The highest BCUT2D eigenvalue weighted by Gasteiger charge is 1.96. The van der Waals surface area contributed by atoms with Gasteiger partial charge in [0.25, 0.3) is 0 Å². The van der Waals surface area contributed by atoms with Gasteiger partial charge in [-0.2, -0.15) is 24.4 Å². The highest BCUT2D eigenvalue weighted by molar-refractivity contribution is 8.00.